The van der Waals surface area contributed by atoms with Crippen molar-refractivity contribution >= 4 is 15.9 Å². The Morgan fingerprint density at radius 2 is 2.07 bits per heavy atom. The van der Waals surface area contributed by atoms with E-state index in [1.165, 1.54) is 5.56 Å². The summed E-state index contributed by atoms with van der Waals surface area (Å²) in [6.07, 6.45) is 8.25. The minimum atomic E-state index is 0.409. The summed E-state index contributed by atoms with van der Waals surface area (Å²) in [7, 11) is 1.99. The normalized spacial score (nSPS) is 12.1. The van der Waals surface area contributed by atoms with E-state index in [2.05, 4.69) is 51.4 Å². The fourth-order valence-electron chi connectivity index (χ4n) is 1.58. The lowest BCUT2D eigenvalue weighted by Crippen LogP contribution is -2.16. The summed E-state index contributed by atoms with van der Waals surface area (Å²) < 4.78 is 1.12. The number of hydrogen-bond acceptors (Lipinski definition) is 1. The molecule has 0 saturated carbocycles. The van der Waals surface area contributed by atoms with Crippen LogP contribution >= 0.6 is 15.9 Å². The van der Waals surface area contributed by atoms with Gasteiger partial charge in [-0.3, -0.25) is 0 Å². The van der Waals surface area contributed by atoms with Crippen molar-refractivity contribution in [3.05, 3.63) is 34.3 Å². The maximum absolute atomic E-state index is 5.24. The molecule has 0 aliphatic heterocycles. The van der Waals surface area contributed by atoms with Crippen molar-refractivity contribution in [2.45, 2.75) is 25.3 Å². The second-order valence-electron chi connectivity index (χ2n) is 3.49. The molecule has 0 amide bonds. The number of unbranched alkanes of at least 4 members (excludes halogenated alkanes) is 1. The second-order valence-corrected chi connectivity index (χ2v) is 4.40. The molecule has 1 nitrogen and oxygen atoms in total. The summed E-state index contributed by atoms with van der Waals surface area (Å²) in [5, 5.41) is 3.31. The lowest BCUT2D eigenvalue weighted by atomic mass is 10.0. The van der Waals surface area contributed by atoms with E-state index in [1.54, 1.807) is 0 Å². The van der Waals surface area contributed by atoms with Crippen LogP contribution in [0, 0.1) is 12.3 Å². The minimum absolute atomic E-state index is 0.409. The Bertz CT molecular complexity index is 323. The van der Waals surface area contributed by atoms with Crippen LogP contribution in [0.4, 0.5) is 0 Å². The van der Waals surface area contributed by atoms with Gasteiger partial charge < -0.3 is 5.32 Å². The Labute approximate surface area is 100 Å². The van der Waals surface area contributed by atoms with Gasteiger partial charge in [0.25, 0.3) is 0 Å². The molecule has 1 aromatic carbocycles. The Morgan fingerprint density at radius 1 is 1.40 bits per heavy atom. The molecule has 1 unspecified atom stereocenters. The maximum Gasteiger partial charge on any atom is 0.0317 e. The van der Waals surface area contributed by atoms with Crippen LogP contribution in [0.5, 0.6) is 0 Å². The van der Waals surface area contributed by atoms with Gasteiger partial charge in [-0.15, -0.1) is 12.3 Å². The molecule has 15 heavy (non-hydrogen) atoms. The van der Waals surface area contributed by atoms with Crippen molar-refractivity contribution in [3.63, 3.8) is 0 Å². The lowest BCUT2D eigenvalue weighted by molar-refractivity contribution is 0.532. The van der Waals surface area contributed by atoms with E-state index < -0.39 is 0 Å². The summed E-state index contributed by atoms with van der Waals surface area (Å²) in [6.45, 7) is 0. The molecule has 0 spiro atoms. The lowest BCUT2D eigenvalue weighted by Gasteiger charge is -2.15. The molecule has 1 atom stereocenters. The van der Waals surface area contributed by atoms with Crippen LogP contribution in [-0.2, 0) is 0 Å². The third kappa shape index (κ3) is 4.07. The molecule has 0 radical (unpaired) electrons. The highest BCUT2D eigenvalue weighted by Crippen LogP contribution is 2.20. The molecule has 2 heteroatoms. The Balaban J connectivity index is 2.58. The summed E-state index contributed by atoms with van der Waals surface area (Å²) >= 11 is 3.43. The van der Waals surface area contributed by atoms with E-state index in [1.807, 2.05) is 7.05 Å². The molecular weight excluding hydrogens is 250 g/mol. The van der Waals surface area contributed by atoms with Crippen LogP contribution in [-0.4, -0.2) is 7.05 Å². The molecule has 0 fully saturated rings. The van der Waals surface area contributed by atoms with Crippen molar-refractivity contribution in [1.29, 1.82) is 0 Å². The largest absolute Gasteiger partial charge is 0.313 e. The summed E-state index contributed by atoms with van der Waals surface area (Å²) in [5.41, 5.74) is 1.32. The molecule has 0 heterocycles. The first-order chi connectivity index (χ1) is 7.27. The van der Waals surface area contributed by atoms with E-state index in [0.29, 0.717) is 6.04 Å². The highest BCUT2D eigenvalue weighted by molar-refractivity contribution is 9.10. The van der Waals surface area contributed by atoms with E-state index >= 15 is 0 Å². The molecule has 0 bridgehead atoms. The van der Waals surface area contributed by atoms with E-state index in [0.717, 1.165) is 23.7 Å². The standard InChI is InChI=1S/C13H16BrN/c1-3-4-5-6-13(15-2)11-7-9-12(14)10-8-11/h1,7-10,13,15H,4-6H2,2H3. The number of rotatable bonds is 5. The van der Waals surface area contributed by atoms with Gasteiger partial charge in [0.1, 0.15) is 0 Å². The van der Waals surface area contributed by atoms with Crippen LogP contribution in [0.3, 0.4) is 0 Å². The second kappa shape index (κ2) is 6.66. The summed E-state index contributed by atoms with van der Waals surface area (Å²) in [4.78, 5) is 0. The van der Waals surface area contributed by atoms with E-state index in [4.69, 9.17) is 6.42 Å². The minimum Gasteiger partial charge on any atom is -0.313 e. The Morgan fingerprint density at radius 3 is 2.60 bits per heavy atom. The van der Waals surface area contributed by atoms with Gasteiger partial charge in [0.2, 0.25) is 0 Å². The van der Waals surface area contributed by atoms with Crippen LogP contribution in [0.1, 0.15) is 30.9 Å². The van der Waals surface area contributed by atoms with Crippen LogP contribution in [0.2, 0.25) is 0 Å². The van der Waals surface area contributed by atoms with Crippen molar-refractivity contribution in [3.8, 4) is 12.3 Å². The molecule has 1 rings (SSSR count). The zero-order valence-electron chi connectivity index (χ0n) is 8.96. The molecule has 0 aromatic heterocycles. The van der Waals surface area contributed by atoms with Crippen LogP contribution < -0.4 is 5.32 Å². The maximum atomic E-state index is 5.24. The van der Waals surface area contributed by atoms with Crippen molar-refractivity contribution in [2.24, 2.45) is 0 Å². The molecular formula is C13H16BrN. The van der Waals surface area contributed by atoms with Gasteiger partial charge >= 0.3 is 0 Å². The van der Waals surface area contributed by atoms with Gasteiger partial charge in [-0.2, -0.15) is 0 Å². The van der Waals surface area contributed by atoms with Crippen molar-refractivity contribution in [2.75, 3.05) is 7.05 Å². The van der Waals surface area contributed by atoms with E-state index in [-0.39, 0.29) is 0 Å². The SMILES string of the molecule is C#CCCCC(NC)c1ccc(Br)cc1. The quantitative estimate of drug-likeness (QED) is 0.635. The molecule has 1 aromatic rings. The predicted molar refractivity (Wildman–Crippen MR) is 68.6 cm³/mol. The number of nitrogens with one attached hydrogen (secondary N) is 1. The summed E-state index contributed by atoms with van der Waals surface area (Å²) in [6, 6.07) is 8.83. The Kier molecular flexibility index (Phi) is 5.45. The highest BCUT2D eigenvalue weighted by atomic mass is 79.9. The topological polar surface area (TPSA) is 12.0 Å². The summed E-state index contributed by atoms with van der Waals surface area (Å²) in [5.74, 6) is 2.67. The van der Waals surface area contributed by atoms with Gasteiger partial charge in [0, 0.05) is 16.9 Å². The Hall–Kier alpha value is -0.780. The fraction of sp³-hybridized carbons (Fsp3) is 0.385. The van der Waals surface area contributed by atoms with Crippen molar-refractivity contribution in [1.82, 2.24) is 5.32 Å². The fourth-order valence-corrected chi connectivity index (χ4v) is 1.85. The average Bonchev–Trinajstić information content (AvgIpc) is 2.26. The van der Waals surface area contributed by atoms with Gasteiger partial charge in [-0.05, 0) is 37.6 Å². The molecule has 0 aliphatic rings. The first kappa shape index (κ1) is 12.3. The molecule has 0 aliphatic carbocycles. The third-order valence-corrected chi connectivity index (χ3v) is 2.96. The molecule has 80 valence electrons. The van der Waals surface area contributed by atoms with Gasteiger partial charge in [-0.25, -0.2) is 0 Å². The monoisotopic (exact) mass is 265 g/mol. The first-order valence-corrected chi connectivity index (χ1v) is 5.93. The number of hydrogen-bond donors (Lipinski definition) is 1. The smallest absolute Gasteiger partial charge is 0.0317 e. The zero-order chi connectivity index (χ0) is 11.1. The average molecular weight is 266 g/mol. The number of halogens is 1. The van der Waals surface area contributed by atoms with E-state index in [9.17, 15) is 0 Å². The first-order valence-electron chi connectivity index (χ1n) is 5.14. The van der Waals surface area contributed by atoms with Gasteiger partial charge in [0.15, 0.2) is 0 Å². The van der Waals surface area contributed by atoms with Crippen molar-refractivity contribution < 1.29 is 0 Å². The zero-order valence-corrected chi connectivity index (χ0v) is 10.5. The van der Waals surface area contributed by atoms with Crippen LogP contribution in [0.15, 0.2) is 28.7 Å². The predicted octanol–water partition coefficient (Wildman–Crippen LogP) is 3.51. The number of terminal acetylenes is 1. The van der Waals surface area contributed by atoms with Gasteiger partial charge in [0.05, 0.1) is 0 Å². The van der Waals surface area contributed by atoms with Crippen LogP contribution in [0.25, 0.3) is 0 Å². The number of benzene rings is 1. The third-order valence-electron chi connectivity index (χ3n) is 2.43. The molecule has 1 N–H and O–H groups in total. The highest BCUT2D eigenvalue weighted by Gasteiger charge is 2.07. The van der Waals surface area contributed by atoms with Gasteiger partial charge in [-0.1, -0.05) is 28.1 Å². The molecule has 0 saturated heterocycles.